The van der Waals surface area contributed by atoms with Crippen LogP contribution in [0.1, 0.15) is 48.0 Å². The van der Waals surface area contributed by atoms with Gasteiger partial charge in [-0.2, -0.15) is 0 Å². The van der Waals surface area contributed by atoms with Gasteiger partial charge >= 0.3 is 0 Å². The van der Waals surface area contributed by atoms with Crippen LogP contribution < -0.4 is 0 Å². The van der Waals surface area contributed by atoms with Crippen molar-refractivity contribution in [2.45, 2.75) is 72.2 Å². The van der Waals surface area contributed by atoms with E-state index in [4.69, 9.17) is 4.43 Å². The molecule has 0 N–H and O–H groups in total. The molecule has 112 valence electrons. The lowest BCUT2D eigenvalue weighted by atomic mass is 9.90. The van der Waals surface area contributed by atoms with E-state index < -0.39 is 8.32 Å². The first kappa shape index (κ1) is 18.5. The fourth-order valence-corrected chi connectivity index (χ4v) is 3.22. The topological polar surface area (TPSA) is 43.4 Å². The highest BCUT2D eigenvalue weighted by molar-refractivity contribution is 6.74. The summed E-state index contributed by atoms with van der Waals surface area (Å²) in [7, 11) is -1.98. The maximum Gasteiger partial charge on any atom is 0.192 e. The lowest BCUT2D eigenvalue weighted by molar-refractivity contribution is -0.127. The summed E-state index contributed by atoms with van der Waals surface area (Å²) in [5.41, 5.74) is 0. The molecule has 0 saturated carbocycles. The van der Waals surface area contributed by atoms with Gasteiger partial charge in [-0.15, -0.1) is 0 Å². The van der Waals surface area contributed by atoms with Crippen molar-refractivity contribution < 1.29 is 14.0 Å². The molecule has 19 heavy (non-hydrogen) atoms. The number of ketones is 1. The van der Waals surface area contributed by atoms with E-state index in [0.717, 1.165) is 6.29 Å². The molecule has 0 rings (SSSR count). The Morgan fingerprint density at radius 3 is 2.05 bits per heavy atom. The van der Waals surface area contributed by atoms with Crippen LogP contribution in [0.3, 0.4) is 0 Å². The van der Waals surface area contributed by atoms with Gasteiger partial charge in [-0.3, -0.25) is 4.79 Å². The van der Waals surface area contributed by atoms with Crippen LogP contribution in [0, 0.1) is 11.8 Å². The number of hydrogen-bond donors (Lipinski definition) is 0. The molecule has 0 radical (unpaired) electrons. The third-order valence-corrected chi connectivity index (χ3v) is 8.79. The van der Waals surface area contributed by atoms with E-state index in [1.807, 2.05) is 20.8 Å². The standard InChI is InChI=1S/C15H30O3Si/c1-9-13(17)12(3)14(11(2)10-16)18-19(7,8)15(4,5)6/h10-12,14H,9H2,1-8H3/t11-,12+,14-/m0/s1. The molecular formula is C15H30O3Si. The predicted octanol–water partition coefficient (Wildman–Crippen LogP) is 3.83. The molecule has 0 spiro atoms. The first-order valence-electron chi connectivity index (χ1n) is 7.13. The minimum atomic E-state index is -1.98. The summed E-state index contributed by atoms with van der Waals surface area (Å²) >= 11 is 0. The molecule has 0 aromatic rings. The van der Waals surface area contributed by atoms with Gasteiger partial charge in [-0.1, -0.05) is 41.5 Å². The van der Waals surface area contributed by atoms with E-state index >= 15 is 0 Å². The number of hydrogen-bond acceptors (Lipinski definition) is 3. The summed E-state index contributed by atoms with van der Waals surface area (Å²) in [6.07, 6.45) is 1.09. The summed E-state index contributed by atoms with van der Waals surface area (Å²) in [4.78, 5) is 23.0. The SMILES string of the molecule is CCC(=O)[C@@H](C)[C@@H](O[Si](C)(C)C(C)(C)C)[C@@H](C)C=O. The molecule has 0 aliphatic heterocycles. The summed E-state index contributed by atoms with van der Waals surface area (Å²) in [6, 6.07) is 0. The third-order valence-electron chi connectivity index (χ3n) is 4.32. The number of carbonyl (C=O) groups excluding carboxylic acids is 2. The zero-order valence-corrected chi connectivity index (χ0v) is 14.7. The van der Waals surface area contributed by atoms with Gasteiger partial charge in [0.15, 0.2) is 8.32 Å². The highest BCUT2D eigenvalue weighted by Crippen LogP contribution is 2.39. The van der Waals surface area contributed by atoms with Crippen LogP contribution >= 0.6 is 0 Å². The van der Waals surface area contributed by atoms with Crippen LogP contribution in [0.15, 0.2) is 0 Å². The smallest absolute Gasteiger partial charge is 0.192 e. The van der Waals surface area contributed by atoms with Crippen LogP contribution in [0.25, 0.3) is 0 Å². The monoisotopic (exact) mass is 286 g/mol. The second-order valence-electron chi connectivity index (χ2n) is 6.95. The average molecular weight is 286 g/mol. The highest BCUT2D eigenvalue weighted by Gasteiger charge is 2.42. The van der Waals surface area contributed by atoms with E-state index in [-0.39, 0.29) is 28.8 Å². The summed E-state index contributed by atoms with van der Waals surface area (Å²) in [6.45, 7) is 16.4. The van der Waals surface area contributed by atoms with E-state index in [1.165, 1.54) is 0 Å². The molecular weight excluding hydrogens is 256 g/mol. The van der Waals surface area contributed by atoms with Crippen molar-refractivity contribution >= 4 is 20.4 Å². The molecule has 0 aliphatic rings. The van der Waals surface area contributed by atoms with Crippen LogP contribution in [-0.2, 0) is 14.0 Å². The van der Waals surface area contributed by atoms with Gasteiger partial charge in [-0.25, -0.2) is 0 Å². The first-order chi connectivity index (χ1) is 8.47. The van der Waals surface area contributed by atoms with Crippen molar-refractivity contribution in [1.29, 1.82) is 0 Å². The van der Waals surface area contributed by atoms with Gasteiger partial charge in [-0.05, 0) is 18.1 Å². The Balaban J connectivity index is 5.19. The Morgan fingerprint density at radius 2 is 1.74 bits per heavy atom. The fraction of sp³-hybridized carbons (Fsp3) is 0.867. The first-order valence-corrected chi connectivity index (χ1v) is 10.0. The number of aldehydes is 1. The van der Waals surface area contributed by atoms with Crippen molar-refractivity contribution in [3.8, 4) is 0 Å². The van der Waals surface area contributed by atoms with E-state index in [0.29, 0.717) is 6.42 Å². The molecule has 0 bridgehead atoms. The van der Waals surface area contributed by atoms with E-state index in [2.05, 4.69) is 33.9 Å². The Bertz CT molecular complexity index is 318. The summed E-state index contributed by atoms with van der Waals surface area (Å²) in [5.74, 6) is -0.309. The lowest BCUT2D eigenvalue weighted by Gasteiger charge is -2.41. The van der Waals surface area contributed by atoms with Gasteiger partial charge in [0.25, 0.3) is 0 Å². The highest BCUT2D eigenvalue weighted by atomic mass is 28.4. The maximum atomic E-state index is 11.9. The van der Waals surface area contributed by atoms with Gasteiger partial charge in [0.2, 0.25) is 0 Å². The molecule has 3 atom stereocenters. The normalized spacial score (nSPS) is 17.7. The quantitative estimate of drug-likeness (QED) is 0.528. The Kier molecular flexibility index (Phi) is 6.62. The minimum absolute atomic E-state index is 0.0723. The maximum absolute atomic E-state index is 11.9. The van der Waals surface area contributed by atoms with Crippen LogP contribution in [0.5, 0.6) is 0 Å². The van der Waals surface area contributed by atoms with Crippen molar-refractivity contribution in [1.82, 2.24) is 0 Å². The van der Waals surface area contributed by atoms with Crippen LogP contribution in [-0.4, -0.2) is 26.5 Å². The second kappa shape index (κ2) is 6.80. The van der Waals surface area contributed by atoms with Gasteiger partial charge in [0.1, 0.15) is 12.1 Å². The molecule has 0 saturated heterocycles. The molecule has 0 aromatic carbocycles. The Morgan fingerprint density at radius 1 is 1.26 bits per heavy atom. The molecule has 0 heterocycles. The van der Waals surface area contributed by atoms with Crippen molar-refractivity contribution in [3.05, 3.63) is 0 Å². The minimum Gasteiger partial charge on any atom is -0.413 e. The molecule has 3 nitrogen and oxygen atoms in total. The molecule has 0 fully saturated rings. The number of rotatable bonds is 7. The zero-order valence-electron chi connectivity index (χ0n) is 13.7. The third kappa shape index (κ3) is 4.84. The lowest BCUT2D eigenvalue weighted by Crippen LogP contribution is -2.48. The van der Waals surface area contributed by atoms with E-state index in [9.17, 15) is 9.59 Å². The van der Waals surface area contributed by atoms with Crippen molar-refractivity contribution in [2.75, 3.05) is 0 Å². The molecule has 0 aliphatic carbocycles. The van der Waals surface area contributed by atoms with Crippen molar-refractivity contribution in [3.63, 3.8) is 0 Å². The Labute approximate surface area is 119 Å². The molecule has 0 unspecified atom stereocenters. The number of carbonyl (C=O) groups is 2. The molecule has 0 amide bonds. The van der Waals surface area contributed by atoms with Gasteiger partial charge < -0.3 is 9.22 Å². The largest absolute Gasteiger partial charge is 0.413 e. The Hall–Kier alpha value is -0.483. The summed E-state index contributed by atoms with van der Waals surface area (Å²) < 4.78 is 6.33. The fourth-order valence-electron chi connectivity index (χ4n) is 1.76. The van der Waals surface area contributed by atoms with Crippen molar-refractivity contribution in [2.24, 2.45) is 11.8 Å². The average Bonchev–Trinajstić information content (AvgIpc) is 2.31. The second-order valence-corrected chi connectivity index (χ2v) is 11.7. The van der Waals surface area contributed by atoms with Crippen LogP contribution in [0.4, 0.5) is 0 Å². The van der Waals surface area contributed by atoms with E-state index in [1.54, 1.807) is 0 Å². The van der Waals surface area contributed by atoms with Gasteiger partial charge in [0, 0.05) is 18.3 Å². The summed E-state index contributed by atoms with van der Waals surface area (Å²) in [5, 5.41) is 0.0723. The molecule has 0 aromatic heterocycles. The zero-order chi connectivity index (χ0) is 15.4. The van der Waals surface area contributed by atoms with Gasteiger partial charge in [0.05, 0.1) is 6.10 Å². The number of Topliss-reactive ketones (excluding diaryl/α,β-unsaturated/α-hetero) is 1. The van der Waals surface area contributed by atoms with Crippen LogP contribution in [0.2, 0.25) is 18.1 Å². The predicted molar refractivity (Wildman–Crippen MR) is 81.8 cm³/mol. The molecule has 4 heteroatoms.